The van der Waals surface area contributed by atoms with Gasteiger partial charge in [0.1, 0.15) is 46.8 Å². The third-order valence-electron chi connectivity index (χ3n) is 16.7. The van der Waals surface area contributed by atoms with Crippen LogP contribution in [0.25, 0.3) is 33.4 Å². The first-order valence-corrected chi connectivity index (χ1v) is 31.1. The van der Waals surface area contributed by atoms with Gasteiger partial charge in [-0.15, -0.1) is 0 Å². The van der Waals surface area contributed by atoms with Crippen molar-refractivity contribution in [3.05, 3.63) is 126 Å². The van der Waals surface area contributed by atoms with E-state index in [2.05, 4.69) is 31.8 Å². The Morgan fingerprint density at radius 2 is 0.868 bits per heavy atom. The van der Waals surface area contributed by atoms with Crippen molar-refractivity contribution in [1.82, 2.24) is 29.7 Å². The number of nitrogen functional groups attached to an aromatic ring is 1. The van der Waals surface area contributed by atoms with Gasteiger partial charge in [-0.1, -0.05) is 36.4 Å². The number of carbonyl (C=O) groups excluding carboxylic acids is 7. The van der Waals surface area contributed by atoms with Crippen molar-refractivity contribution in [2.24, 2.45) is 0 Å². The highest BCUT2D eigenvalue weighted by atomic mass is 16.6. The topological polar surface area (TPSA) is 270 Å². The molecule has 9 heterocycles. The molecular formula is C69H79N13O9. The Morgan fingerprint density at radius 3 is 1.24 bits per heavy atom. The SMILES string of the molecule is CC(=O)Nc1cc(-c2cccc3c2CCN3C(=O)[C@@H]2CCCN2C#N)ccn1.CC(=O)Nc1cc(-c2cccc3c2CCN3C(=O)[C@@H]2CCCN2C(=O)OC(C)(C)C)ccn1.CC(C)(C)OC(=O)N1CCC[C@H]1C(=O)N1CCc2c(-c3ccnc(N)c3)cccc21. The van der Waals surface area contributed by atoms with Crippen LogP contribution in [0, 0.1) is 11.5 Å². The third kappa shape index (κ3) is 14.6. The number of anilines is 6. The Bertz CT molecular complexity index is 3830. The van der Waals surface area contributed by atoms with Gasteiger partial charge in [-0.05, 0) is 204 Å². The number of nitrogens with two attached hydrogens (primary N) is 1. The summed E-state index contributed by atoms with van der Waals surface area (Å²) in [5.41, 5.74) is 16.6. The van der Waals surface area contributed by atoms with Crippen LogP contribution in [-0.2, 0) is 52.7 Å². The fourth-order valence-electron chi connectivity index (χ4n) is 12.9. The van der Waals surface area contributed by atoms with Gasteiger partial charge < -0.3 is 40.5 Å². The number of rotatable bonds is 8. The quantitative estimate of drug-likeness (QED) is 0.120. The molecule has 3 aromatic heterocycles. The lowest BCUT2D eigenvalue weighted by molar-refractivity contribution is -0.123. The van der Waals surface area contributed by atoms with Crippen LogP contribution in [-0.4, -0.2) is 140 Å². The highest BCUT2D eigenvalue weighted by Gasteiger charge is 2.43. The maximum absolute atomic E-state index is 13.5. The highest BCUT2D eigenvalue weighted by molar-refractivity contribution is 6.04. The monoisotopic (exact) mass is 1230 g/mol. The summed E-state index contributed by atoms with van der Waals surface area (Å²) in [6.07, 6.45) is 13.0. The van der Waals surface area contributed by atoms with Crippen molar-refractivity contribution in [3.63, 3.8) is 0 Å². The predicted octanol–water partition coefficient (Wildman–Crippen LogP) is 10.2. The van der Waals surface area contributed by atoms with E-state index in [0.717, 1.165) is 106 Å². The molecule has 4 N–H and O–H groups in total. The number of nitrogens with one attached hydrogen (secondary N) is 2. The van der Waals surface area contributed by atoms with Crippen LogP contribution in [0.1, 0.15) is 111 Å². The van der Waals surface area contributed by atoms with Gasteiger partial charge in [0, 0.05) is 88.8 Å². The summed E-state index contributed by atoms with van der Waals surface area (Å²) in [7, 11) is 0. The zero-order valence-corrected chi connectivity index (χ0v) is 53.0. The van der Waals surface area contributed by atoms with E-state index in [-0.39, 0.29) is 35.6 Å². The van der Waals surface area contributed by atoms with Crippen molar-refractivity contribution >= 4 is 76.2 Å². The Balaban J connectivity index is 0.000000150. The van der Waals surface area contributed by atoms with Crippen molar-refractivity contribution in [1.29, 1.82) is 5.26 Å². The van der Waals surface area contributed by atoms with Gasteiger partial charge in [-0.25, -0.2) is 24.5 Å². The summed E-state index contributed by atoms with van der Waals surface area (Å²) in [6, 6.07) is 27.7. The Morgan fingerprint density at radius 1 is 0.505 bits per heavy atom. The number of nitriles is 1. The molecule has 6 aromatic rings. The number of benzene rings is 3. The molecule has 0 unspecified atom stereocenters. The maximum atomic E-state index is 13.5. The zero-order chi connectivity index (χ0) is 64.9. The summed E-state index contributed by atoms with van der Waals surface area (Å²) in [5.74, 6) is 1.01. The van der Waals surface area contributed by atoms with Gasteiger partial charge in [0.15, 0.2) is 6.19 Å². The molecule has 474 valence electrons. The molecule has 6 aliphatic heterocycles. The second kappa shape index (κ2) is 27.1. The molecule has 3 fully saturated rings. The molecule has 12 rings (SSSR count). The second-order valence-corrected chi connectivity index (χ2v) is 25.4. The number of hydrogen-bond acceptors (Lipinski definition) is 15. The van der Waals surface area contributed by atoms with Crippen LogP contribution in [0.2, 0.25) is 0 Å². The first-order chi connectivity index (χ1) is 43.5. The predicted molar refractivity (Wildman–Crippen MR) is 347 cm³/mol. The number of pyridine rings is 3. The summed E-state index contributed by atoms with van der Waals surface area (Å²) in [5, 5.41) is 14.7. The molecule has 91 heavy (non-hydrogen) atoms. The summed E-state index contributed by atoms with van der Waals surface area (Å²) in [4.78, 5) is 111. The number of carbonyl (C=O) groups is 7. The average molecular weight is 1230 g/mol. The normalized spacial score (nSPS) is 18.0. The number of amides is 7. The molecule has 22 nitrogen and oxygen atoms in total. The molecule has 3 atom stereocenters. The van der Waals surface area contributed by atoms with Crippen LogP contribution in [0.15, 0.2) is 110 Å². The van der Waals surface area contributed by atoms with E-state index in [4.69, 9.17) is 15.2 Å². The number of nitrogens with zero attached hydrogens (tertiary/aromatic N) is 10. The van der Waals surface area contributed by atoms with Gasteiger partial charge >= 0.3 is 12.2 Å². The number of hydrogen-bond donors (Lipinski definition) is 3. The number of likely N-dealkylation sites (tertiary alicyclic amines) is 3. The first kappa shape index (κ1) is 64.1. The lowest BCUT2D eigenvalue weighted by atomic mass is 9.98. The van der Waals surface area contributed by atoms with Gasteiger partial charge in [-0.2, -0.15) is 5.26 Å². The number of fused-ring (bicyclic) bond motifs is 3. The van der Waals surface area contributed by atoms with Crippen LogP contribution >= 0.6 is 0 Å². The van der Waals surface area contributed by atoms with Gasteiger partial charge in [0.2, 0.25) is 29.5 Å². The van der Waals surface area contributed by atoms with Crippen molar-refractivity contribution in [3.8, 4) is 39.6 Å². The summed E-state index contributed by atoms with van der Waals surface area (Å²) in [6.45, 7) is 17.4. The van der Waals surface area contributed by atoms with Gasteiger partial charge in [0.05, 0.1) is 0 Å². The fraction of sp³-hybridized carbons (Fsp3) is 0.406. The minimum atomic E-state index is -0.608. The van der Waals surface area contributed by atoms with Gasteiger partial charge in [-0.3, -0.25) is 38.7 Å². The molecule has 0 bridgehead atoms. The van der Waals surface area contributed by atoms with Crippen molar-refractivity contribution in [2.75, 3.05) is 70.3 Å². The largest absolute Gasteiger partial charge is 0.444 e. The highest BCUT2D eigenvalue weighted by Crippen LogP contribution is 2.41. The van der Waals surface area contributed by atoms with E-state index in [9.17, 15) is 38.8 Å². The molecule has 7 amide bonds. The zero-order valence-electron chi connectivity index (χ0n) is 53.0. The molecular weight excluding hydrogens is 1150 g/mol. The minimum Gasteiger partial charge on any atom is -0.444 e. The van der Waals surface area contributed by atoms with E-state index in [0.29, 0.717) is 76.0 Å². The van der Waals surface area contributed by atoms with E-state index in [1.165, 1.54) is 13.8 Å². The first-order valence-electron chi connectivity index (χ1n) is 31.1. The van der Waals surface area contributed by atoms with Crippen molar-refractivity contribution in [2.45, 2.75) is 143 Å². The van der Waals surface area contributed by atoms with Crippen molar-refractivity contribution < 1.29 is 43.0 Å². The van der Waals surface area contributed by atoms with E-state index in [1.54, 1.807) is 38.2 Å². The van der Waals surface area contributed by atoms with Crippen LogP contribution in [0.4, 0.5) is 44.1 Å². The van der Waals surface area contributed by atoms with Crippen LogP contribution in [0.5, 0.6) is 0 Å². The minimum absolute atomic E-state index is 0.00335. The van der Waals surface area contributed by atoms with Gasteiger partial charge in [0.25, 0.3) is 0 Å². The number of ether oxygens (including phenoxy) is 2. The standard InChI is InChI=1S/C25H30N4O4.C23H28N4O3.C21H21N5O2/c1-16(30)27-22-15-17(10-12-26-22)18-7-5-8-20-19(18)11-14-28(20)23(31)21-9-6-13-29(21)24(32)33-25(2,3)4;1-23(2,3)30-22(29)27-12-5-8-19(27)21(28)26-13-10-17-16(6-4-7-18(17)26)15-9-11-25-20(24)14-15;1-14(27)24-20-12-15(7-9-23-20)16-4-2-5-18-17(16)8-11-26(18)21(28)19-6-3-10-25(19)13-22/h5,7-8,10,12,15,21H,6,9,11,13-14H2,1-4H3,(H,26,27,30);4,6-7,9,11,14,19H,5,8,10,12-13H2,1-3H3,(H2,24,25);2,4-5,7,9,12,19H,3,6,8,10-11H2,1H3,(H,23,24,27)/t21-;2*19-/m000/s1. The second-order valence-electron chi connectivity index (χ2n) is 25.4. The molecule has 0 saturated carbocycles. The lowest BCUT2D eigenvalue weighted by Gasteiger charge is -2.30. The average Bonchev–Trinajstić information content (AvgIpc) is 1.71. The maximum Gasteiger partial charge on any atom is 0.410 e. The molecule has 22 heteroatoms. The molecule has 3 aromatic carbocycles. The Kier molecular flexibility index (Phi) is 19.1. The summed E-state index contributed by atoms with van der Waals surface area (Å²) >= 11 is 0. The summed E-state index contributed by atoms with van der Waals surface area (Å²) < 4.78 is 11.1. The lowest BCUT2D eigenvalue weighted by Crippen LogP contribution is -2.48. The fourth-order valence-corrected chi connectivity index (χ4v) is 12.9. The van der Waals surface area contributed by atoms with E-state index in [1.807, 2.05) is 142 Å². The Labute approximate surface area is 530 Å². The molecule has 0 spiro atoms. The molecule has 0 radical (unpaired) electrons. The molecule has 6 aliphatic rings. The Hall–Kier alpha value is -9.91. The van der Waals surface area contributed by atoms with E-state index < -0.39 is 35.5 Å². The number of aromatic nitrogens is 3. The molecule has 3 saturated heterocycles. The molecule has 0 aliphatic carbocycles. The smallest absolute Gasteiger partial charge is 0.410 e. The van der Waals surface area contributed by atoms with Crippen LogP contribution < -0.4 is 31.1 Å². The third-order valence-corrected chi connectivity index (χ3v) is 16.7. The van der Waals surface area contributed by atoms with Crippen LogP contribution in [0.3, 0.4) is 0 Å². The van der Waals surface area contributed by atoms with E-state index >= 15 is 0 Å².